The maximum atomic E-state index is 12.1. The van der Waals surface area contributed by atoms with Gasteiger partial charge >= 0.3 is 5.97 Å². The fourth-order valence-electron chi connectivity index (χ4n) is 2.93. The summed E-state index contributed by atoms with van der Waals surface area (Å²) in [6.07, 6.45) is 11.0. The van der Waals surface area contributed by atoms with Crippen molar-refractivity contribution in [3.8, 4) is 0 Å². The lowest BCUT2D eigenvalue weighted by Crippen LogP contribution is -2.06. The third kappa shape index (κ3) is 9.09. The van der Waals surface area contributed by atoms with Crippen LogP contribution in [0.2, 0.25) is 0 Å². The van der Waals surface area contributed by atoms with Crippen molar-refractivity contribution in [3.05, 3.63) is 78.4 Å². The van der Waals surface area contributed by atoms with Gasteiger partial charge in [0, 0.05) is 0 Å². The molecule has 0 amide bonds. The Morgan fingerprint density at radius 3 is 2.03 bits per heavy atom. The van der Waals surface area contributed by atoms with Gasteiger partial charge in [-0.1, -0.05) is 74.2 Å². The molecule has 5 heteroatoms. The molecule has 0 aliphatic carbocycles. The molecule has 0 heterocycles. The Hall–Kier alpha value is -2.40. The standard InChI is InChI=1S/C24H30O4S/c25-24(22-16-10-8-11-17-22)28-20-14-6-4-2-1-3-5-7-15-21-29(26,27)23-18-12-9-13-19-23/h7-13,15-19H,1-6,14,20-21H2/b15-7+. The Morgan fingerprint density at radius 2 is 1.34 bits per heavy atom. The molecule has 0 aliphatic heterocycles. The zero-order valence-corrected chi connectivity index (χ0v) is 17.6. The lowest BCUT2D eigenvalue weighted by atomic mass is 10.1. The first-order valence-electron chi connectivity index (χ1n) is 10.2. The van der Waals surface area contributed by atoms with Gasteiger partial charge in [-0.25, -0.2) is 13.2 Å². The number of unbranched alkanes of at least 4 members (excludes halogenated alkanes) is 6. The monoisotopic (exact) mass is 414 g/mol. The molecule has 0 aliphatic rings. The van der Waals surface area contributed by atoms with Crippen molar-refractivity contribution in [2.75, 3.05) is 12.4 Å². The van der Waals surface area contributed by atoms with Crippen LogP contribution in [0.25, 0.3) is 0 Å². The quantitative estimate of drug-likeness (QED) is 0.243. The van der Waals surface area contributed by atoms with Crippen LogP contribution in [0.1, 0.15) is 55.3 Å². The highest BCUT2D eigenvalue weighted by Crippen LogP contribution is 2.11. The fraction of sp³-hybridized carbons (Fsp3) is 0.375. The Kier molecular flexibility index (Phi) is 10.2. The highest BCUT2D eigenvalue weighted by Gasteiger charge is 2.10. The number of hydrogen-bond acceptors (Lipinski definition) is 4. The van der Waals surface area contributed by atoms with Crippen molar-refractivity contribution >= 4 is 15.8 Å². The molecule has 0 bridgehead atoms. The first kappa shape index (κ1) is 22.9. The summed E-state index contributed by atoms with van der Waals surface area (Å²) < 4.78 is 29.5. The number of allylic oxidation sites excluding steroid dienone is 1. The van der Waals surface area contributed by atoms with Gasteiger partial charge in [0.1, 0.15) is 0 Å². The molecule has 0 saturated carbocycles. The molecule has 0 unspecified atom stereocenters. The molecule has 0 N–H and O–H groups in total. The van der Waals surface area contributed by atoms with E-state index in [0.29, 0.717) is 17.1 Å². The molecule has 0 atom stereocenters. The average molecular weight is 415 g/mol. The molecule has 4 nitrogen and oxygen atoms in total. The zero-order valence-electron chi connectivity index (χ0n) is 16.8. The number of benzene rings is 2. The Bertz CT molecular complexity index is 843. The Balaban J connectivity index is 1.45. The summed E-state index contributed by atoms with van der Waals surface area (Å²) >= 11 is 0. The molecule has 0 saturated heterocycles. The second kappa shape index (κ2) is 12.9. The zero-order chi connectivity index (χ0) is 20.8. The van der Waals surface area contributed by atoms with Crippen LogP contribution in [0, 0.1) is 0 Å². The van der Waals surface area contributed by atoms with Gasteiger partial charge in [-0.05, 0) is 43.5 Å². The van der Waals surface area contributed by atoms with E-state index in [2.05, 4.69) is 0 Å². The van der Waals surface area contributed by atoms with Gasteiger partial charge in [-0.15, -0.1) is 0 Å². The van der Waals surface area contributed by atoms with E-state index >= 15 is 0 Å². The lowest BCUT2D eigenvalue weighted by Gasteiger charge is -2.04. The summed E-state index contributed by atoms with van der Waals surface area (Å²) in [5.74, 6) is -0.203. The minimum absolute atomic E-state index is 0.0543. The molecule has 2 aromatic rings. The number of carbonyl (C=O) groups excluding carboxylic acids is 1. The van der Waals surface area contributed by atoms with Crippen molar-refractivity contribution < 1.29 is 17.9 Å². The van der Waals surface area contributed by atoms with E-state index < -0.39 is 9.84 Å². The van der Waals surface area contributed by atoms with Crippen molar-refractivity contribution in [1.29, 1.82) is 0 Å². The second-order valence-corrected chi connectivity index (χ2v) is 9.01. The van der Waals surface area contributed by atoms with E-state index in [1.807, 2.05) is 30.3 Å². The highest BCUT2D eigenvalue weighted by atomic mass is 32.2. The van der Waals surface area contributed by atoms with E-state index in [1.165, 1.54) is 0 Å². The van der Waals surface area contributed by atoms with Crippen LogP contribution in [-0.2, 0) is 14.6 Å². The topological polar surface area (TPSA) is 60.4 Å². The lowest BCUT2D eigenvalue weighted by molar-refractivity contribution is 0.0497. The number of carbonyl (C=O) groups is 1. The van der Waals surface area contributed by atoms with Gasteiger partial charge in [0.2, 0.25) is 0 Å². The molecule has 0 aromatic heterocycles. The van der Waals surface area contributed by atoms with E-state index in [9.17, 15) is 13.2 Å². The van der Waals surface area contributed by atoms with E-state index in [4.69, 9.17) is 4.74 Å². The number of sulfone groups is 1. The molecule has 2 rings (SSSR count). The molecule has 0 spiro atoms. The van der Waals surface area contributed by atoms with Gasteiger partial charge < -0.3 is 4.74 Å². The maximum Gasteiger partial charge on any atom is 0.338 e. The molecular formula is C24H30O4S. The van der Waals surface area contributed by atoms with E-state index in [0.717, 1.165) is 44.9 Å². The van der Waals surface area contributed by atoms with E-state index in [-0.39, 0.29) is 11.7 Å². The van der Waals surface area contributed by atoms with Crippen LogP contribution in [0.4, 0.5) is 0 Å². The van der Waals surface area contributed by atoms with Gasteiger partial charge in [-0.2, -0.15) is 0 Å². The molecule has 2 aromatic carbocycles. The van der Waals surface area contributed by atoms with Crippen LogP contribution in [0.15, 0.2) is 77.7 Å². The third-order valence-electron chi connectivity index (χ3n) is 4.59. The number of ether oxygens (including phenoxy) is 1. The van der Waals surface area contributed by atoms with Crippen molar-refractivity contribution in [1.82, 2.24) is 0 Å². The van der Waals surface area contributed by atoms with Gasteiger partial charge in [0.15, 0.2) is 9.84 Å². The number of hydrogen-bond donors (Lipinski definition) is 0. The predicted octanol–water partition coefficient (Wildman–Crippen LogP) is 5.60. The summed E-state index contributed by atoms with van der Waals surface area (Å²) in [5, 5.41) is 0. The molecule has 0 radical (unpaired) electrons. The summed E-state index contributed by atoms with van der Waals surface area (Å²) in [7, 11) is -3.22. The Labute approximate surface area is 174 Å². The maximum absolute atomic E-state index is 12.1. The fourth-order valence-corrected chi connectivity index (χ4v) is 4.08. The smallest absolute Gasteiger partial charge is 0.338 e. The van der Waals surface area contributed by atoms with Crippen LogP contribution in [0.3, 0.4) is 0 Å². The highest BCUT2D eigenvalue weighted by molar-refractivity contribution is 7.91. The van der Waals surface area contributed by atoms with Crippen molar-refractivity contribution in [2.24, 2.45) is 0 Å². The van der Waals surface area contributed by atoms with Crippen LogP contribution < -0.4 is 0 Å². The summed E-state index contributed by atoms with van der Waals surface area (Å²) in [5.41, 5.74) is 0.595. The van der Waals surface area contributed by atoms with Gasteiger partial charge in [0.25, 0.3) is 0 Å². The average Bonchev–Trinajstić information content (AvgIpc) is 2.75. The van der Waals surface area contributed by atoms with E-state index in [1.54, 1.807) is 42.5 Å². The van der Waals surface area contributed by atoms with Crippen LogP contribution in [0.5, 0.6) is 0 Å². The minimum Gasteiger partial charge on any atom is -0.462 e. The molecular weight excluding hydrogens is 384 g/mol. The van der Waals surface area contributed by atoms with Gasteiger partial charge in [-0.3, -0.25) is 0 Å². The normalized spacial score (nSPS) is 11.6. The summed E-state index contributed by atoms with van der Waals surface area (Å²) in [4.78, 5) is 12.2. The SMILES string of the molecule is O=C(OCCCCCCCC/C=C/CS(=O)(=O)c1ccccc1)c1ccccc1. The summed E-state index contributed by atoms with van der Waals surface area (Å²) in [6, 6.07) is 17.6. The third-order valence-corrected chi connectivity index (χ3v) is 6.21. The van der Waals surface area contributed by atoms with Crippen LogP contribution in [-0.4, -0.2) is 26.7 Å². The molecule has 0 fully saturated rings. The van der Waals surface area contributed by atoms with Gasteiger partial charge in [0.05, 0.1) is 22.8 Å². The molecule has 29 heavy (non-hydrogen) atoms. The minimum atomic E-state index is -3.22. The first-order valence-corrected chi connectivity index (χ1v) is 11.9. The van der Waals surface area contributed by atoms with Crippen molar-refractivity contribution in [2.45, 2.75) is 49.8 Å². The predicted molar refractivity (Wildman–Crippen MR) is 117 cm³/mol. The first-order chi connectivity index (χ1) is 14.1. The number of rotatable bonds is 13. The number of esters is 1. The largest absolute Gasteiger partial charge is 0.462 e. The Morgan fingerprint density at radius 1 is 0.759 bits per heavy atom. The summed E-state index contributed by atoms with van der Waals surface area (Å²) in [6.45, 7) is 0.465. The van der Waals surface area contributed by atoms with Crippen molar-refractivity contribution in [3.63, 3.8) is 0 Å². The molecule has 156 valence electrons. The second-order valence-electron chi connectivity index (χ2n) is 6.98. The van der Waals surface area contributed by atoms with Crippen LogP contribution >= 0.6 is 0 Å².